The molecule has 31 heavy (non-hydrogen) atoms. The molecule has 6 nitrogen and oxygen atoms in total. The van der Waals surface area contributed by atoms with Crippen molar-refractivity contribution in [3.05, 3.63) is 77.6 Å². The van der Waals surface area contributed by atoms with Gasteiger partial charge in [-0.2, -0.15) is 5.10 Å². The Hall–Kier alpha value is -3.19. The van der Waals surface area contributed by atoms with Crippen molar-refractivity contribution in [3.63, 3.8) is 0 Å². The number of allylic oxidation sites excluding steroid dienone is 3. The van der Waals surface area contributed by atoms with Crippen molar-refractivity contribution < 1.29 is 8.42 Å². The summed E-state index contributed by atoms with van der Waals surface area (Å²) in [6, 6.07) is 10.6. The number of sulfonamides is 1. The fourth-order valence-corrected chi connectivity index (χ4v) is 5.26. The van der Waals surface area contributed by atoms with Gasteiger partial charge in [0.05, 0.1) is 10.6 Å². The average Bonchev–Trinajstić information content (AvgIpc) is 2.99. The van der Waals surface area contributed by atoms with Crippen molar-refractivity contribution in [2.45, 2.75) is 39.0 Å². The second kappa shape index (κ2) is 7.81. The van der Waals surface area contributed by atoms with Crippen LogP contribution < -0.4 is 4.31 Å². The van der Waals surface area contributed by atoms with E-state index in [0.717, 1.165) is 33.8 Å². The minimum Gasteiger partial charge on any atom is -0.249 e. The summed E-state index contributed by atoms with van der Waals surface area (Å²) < 4.78 is 30.3. The number of aryl methyl sites for hydroxylation is 1. The third-order valence-electron chi connectivity index (χ3n) is 5.84. The third kappa shape index (κ3) is 3.49. The van der Waals surface area contributed by atoms with Crippen LogP contribution in [0, 0.1) is 13.8 Å². The Labute approximate surface area is 183 Å². The van der Waals surface area contributed by atoms with Crippen LogP contribution in [-0.2, 0) is 16.4 Å². The number of benzene rings is 1. The molecular formula is C24H26N4O2S. The molecule has 0 saturated carbocycles. The van der Waals surface area contributed by atoms with Crippen molar-refractivity contribution in [2.24, 2.45) is 0 Å². The number of fused-ring (bicyclic) bond motifs is 3. The van der Waals surface area contributed by atoms with E-state index in [0.29, 0.717) is 17.8 Å². The molecule has 4 rings (SSSR count). The topological polar surface area (TPSA) is 68.1 Å². The maximum atomic E-state index is 13.5. The minimum absolute atomic E-state index is 0.258. The zero-order valence-electron chi connectivity index (χ0n) is 18.3. The van der Waals surface area contributed by atoms with Gasteiger partial charge < -0.3 is 0 Å². The Kier molecular flexibility index (Phi) is 5.31. The summed E-state index contributed by atoms with van der Waals surface area (Å²) in [6.45, 7) is 12.4. The predicted octanol–water partition coefficient (Wildman–Crippen LogP) is 4.75. The summed E-state index contributed by atoms with van der Waals surface area (Å²) in [4.78, 5) is 4.73. The van der Waals surface area contributed by atoms with Crippen LogP contribution in [-0.4, -0.2) is 29.7 Å². The third-order valence-corrected chi connectivity index (χ3v) is 7.64. The molecule has 7 heteroatoms. The number of anilines is 1. The molecule has 0 N–H and O–H groups in total. The van der Waals surface area contributed by atoms with Crippen molar-refractivity contribution >= 4 is 21.5 Å². The average molecular weight is 435 g/mol. The Morgan fingerprint density at radius 1 is 1.16 bits per heavy atom. The molecule has 0 fully saturated rings. The fraction of sp³-hybridized carbons (Fsp3) is 0.250. The van der Waals surface area contributed by atoms with Crippen molar-refractivity contribution in [1.82, 2.24) is 14.8 Å². The van der Waals surface area contributed by atoms with Crippen LogP contribution >= 0.6 is 0 Å². The standard InChI is InChI=1S/C24H26N4O2S/c1-6-17(3)18(4)28-19(5)21-13-15-27(24-22(23(21)26-28)8-7-14-25-24)31(29,30)20-11-9-16(2)10-12-20/h6-12,14H,4,13,15H2,1-3,5H3. The largest absolute Gasteiger partial charge is 0.265 e. The van der Waals surface area contributed by atoms with Crippen molar-refractivity contribution in [3.8, 4) is 11.3 Å². The number of pyridine rings is 1. The molecule has 0 atom stereocenters. The van der Waals surface area contributed by atoms with Crippen LogP contribution in [0.5, 0.6) is 0 Å². The smallest absolute Gasteiger partial charge is 0.249 e. The van der Waals surface area contributed by atoms with E-state index < -0.39 is 10.0 Å². The zero-order chi connectivity index (χ0) is 22.3. The van der Waals surface area contributed by atoms with Crippen LogP contribution in [0.2, 0.25) is 0 Å². The monoisotopic (exact) mass is 434 g/mol. The van der Waals surface area contributed by atoms with Crippen LogP contribution in [0.25, 0.3) is 17.0 Å². The predicted molar refractivity (Wildman–Crippen MR) is 124 cm³/mol. The number of aromatic nitrogens is 3. The Balaban J connectivity index is 1.87. The molecule has 1 aliphatic rings. The van der Waals surface area contributed by atoms with E-state index in [1.807, 2.05) is 62.7 Å². The maximum Gasteiger partial charge on any atom is 0.265 e. The number of rotatable bonds is 4. The highest BCUT2D eigenvalue weighted by Crippen LogP contribution is 2.38. The molecule has 2 aromatic heterocycles. The molecule has 160 valence electrons. The van der Waals surface area contributed by atoms with Crippen LogP contribution in [0.3, 0.4) is 0 Å². The molecule has 0 bridgehead atoms. The van der Waals surface area contributed by atoms with E-state index in [4.69, 9.17) is 5.10 Å². The van der Waals surface area contributed by atoms with Crippen LogP contribution in [0.1, 0.15) is 30.7 Å². The summed E-state index contributed by atoms with van der Waals surface area (Å²) in [5, 5.41) is 4.84. The summed E-state index contributed by atoms with van der Waals surface area (Å²) in [5.74, 6) is 0.403. The maximum absolute atomic E-state index is 13.5. The first-order valence-corrected chi connectivity index (χ1v) is 11.7. The van der Waals surface area contributed by atoms with Gasteiger partial charge in [0.15, 0.2) is 5.82 Å². The molecule has 0 unspecified atom stereocenters. The van der Waals surface area contributed by atoms with E-state index in [1.165, 1.54) is 4.31 Å². The van der Waals surface area contributed by atoms with Gasteiger partial charge in [-0.25, -0.2) is 22.4 Å². The Morgan fingerprint density at radius 3 is 2.55 bits per heavy atom. The highest BCUT2D eigenvalue weighted by Gasteiger charge is 2.33. The lowest BCUT2D eigenvalue weighted by atomic mass is 10.1. The van der Waals surface area contributed by atoms with Crippen molar-refractivity contribution in [2.75, 3.05) is 10.8 Å². The number of hydrogen-bond donors (Lipinski definition) is 0. The molecule has 0 spiro atoms. The second-order valence-electron chi connectivity index (χ2n) is 7.76. The molecule has 1 aromatic carbocycles. The number of hydrogen-bond acceptors (Lipinski definition) is 4. The zero-order valence-corrected chi connectivity index (χ0v) is 19.1. The number of nitrogens with zero attached hydrogens (tertiary/aromatic N) is 4. The summed E-state index contributed by atoms with van der Waals surface area (Å²) >= 11 is 0. The SMILES string of the molecule is C=C(C(C)=CC)n1nc2c(c1C)CCN(S(=O)(=O)c1ccc(C)cc1)c1ncccc1-2. The van der Waals surface area contributed by atoms with E-state index in [1.54, 1.807) is 18.3 Å². The molecule has 3 aromatic rings. The molecule has 1 aliphatic heterocycles. The summed E-state index contributed by atoms with van der Waals surface area (Å²) in [7, 11) is -3.76. The molecule has 0 aliphatic carbocycles. The van der Waals surface area contributed by atoms with Crippen molar-refractivity contribution in [1.29, 1.82) is 0 Å². The Bertz CT molecular complexity index is 1300. The fourth-order valence-electron chi connectivity index (χ4n) is 3.82. The van der Waals surface area contributed by atoms with Crippen LogP contribution in [0.4, 0.5) is 5.82 Å². The quantitative estimate of drug-likeness (QED) is 0.556. The lowest BCUT2D eigenvalue weighted by Gasteiger charge is -2.23. The highest BCUT2D eigenvalue weighted by molar-refractivity contribution is 7.92. The van der Waals surface area contributed by atoms with E-state index >= 15 is 0 Å². The van der Waals surface area contributed by atoms with Gasteiger partial charge in [0, 0.05) is 29.6 Å². The van der Waals surface area contributed by atoms with Gasteiger partial charge in [-0.1, -0.05) is 30.4 Å². The first kappa shape index (κ1) is 21.1. The first-order valence-electron chi connectivity index (χ1n) is 10.2. The minimum atomic E-state index is -3.76. The van der Waals surface area contributed by atoms with Gasteiger partial charge in [0.25, 0.3) is 10.0 Å². The lowest BCUT2D eigenvalue weighted by Crippen LogP contribution is -2.33. The molecule has 0 amide bonds. The van der Waals surface area contributed by atoms with E-state index in [-0.39, 0.29) is 11.4 Å². The summed E-state index contributed by atoms with van der Waals surface area (Å²) in [5.41, 5.74) is 6.30. The van der Waals surface area contributed by atoms with Gasteiger partial charge in [-0.3, -0.25) is 0 Å². The first-order chi connectivity index (χ1) is 14.8. The molecule has 0 saturated heterocycles. The van der Waals surface area contributed by atoms with Gasteiger partial charge in [-0.15, -0.1) is 0 Å². The van der Waals surface area contributed by atoms with Gasteiger partial charge in [0.1, 0.15) is 5.69 Å². The van der Waals surface area contributed by atoms with Crippen LogP contribution in [0.15, 0.2) is 65.7 Å². The second-order valence-corrected chi connectivity index (χ2v) is 9.62. The van der Waals surface area contributed by atoms with Gasteiger partial charge in [0.2, 0.25) is 0 Å². The van der Waals surface area contributed by atoms with Gasteiger partial charge >= 0.3 is 0 Å². The van der Waals surface area contributed by atoms with E-state index in [2.05, 4.69) is 11.6 Å². The highest BCUT2D eigenvalue weighted by atomic mass is 32.2. The van der Waals surface area contributed by atoms with E-state index in [9.17, 15) is 8.42 Å². The Morgan fingerprint density at radius 2 is 1.87 bits per heavy atom. The molecular weight excluding hydrogens is 408 g/mol. The summed E-state index contributed by atoms with van der Waals surface area (Å²) in [6.07, 6.45) is 4.15. The lowest BCUT2D eigenvalue weighted by molar-refractivity contribution is 0.590. The van der Waals surface area contributed by atoms with Gasteiger partial charge in [-0.05, 0) is 64.0 Å². The molecule has 0 radical (unpaired) electrons. The molecule has 3 heterocycles. The normalized spacial score (nSPS) is 14.1.